The minimum atomic E-state index is -0.170. The predicted octanol–water partition coefficient (Wildman–Crippen LogP) is 1.81. The summed E-state index contributed by atoms with van der Waals surface area (Å²) in [7, 11) is 1.57. The van der Waals surface area contributed by atoms with E-state index in [9.17, 15) is 5.11 Å². The second-order valence-electron chi connectivity index (χ2n) is 2.91. The van der Waals surface area contributed by atoms with E-state index in [0.29, 0.717) is 11.3 Å². The molecule has 0 aliphatic carbocycles. The monoisotopic (exact) mass is 181 g/mol. The van der Waals surface area contributed by atoms with Crippen molar-refractivity contribution in [3.63, 3.8) is 0 Å². The van der Waals surface area contributed by atoms with Crippen LogP contribution in [0.2, 0.25) is 0 Å². The molecular weight excluding hydrogens is 166 g/mol. The summed E-state index contributed by atoms with van der Waals surface area (Å²) in [6, 6.07) is 4.98. The lowest BCUT2D eigenvalue weighted by Gasteiger charge is -2.15. The SMILES string of the molecule is CCC(N)c1c(O)cccc1OC. The number of methoxy groups -OCH3 is 1. The highest BCUT2D eigenvalue weighted by Gasteiger charge is 2.14. The lowest BCUT2D eigenvalue weighted by Crippen LogP contribution is -2.10. The van der Waals surface area contributed by atoms with Gasteiger partial charge >= 0.3 is 0 Å². The van der Waals surface area contributed by atoms with E-state index in [2.05, 4.69) is 0 Å². The highest BCUT2D eigenvalue weighted by molar-refractivity contribution is 5.45. The van der Waals surface area contributed by atoms with Crippen molar-refractivity contribution >= 4 is 0 Å². The van der Waals surface area contributed by atoms with Gasteiger partial charge in [-0.25, -0.2) is 0 Å². The lowest BCUT2D eigenvalue weighted by atomic mass is 10.0. The first-order chi connectivity index (χ1) is 6.20. The molecule has 0 aromatic heterocycles. The molecule has 0 spiro atoms. The van der Waals surface area contributed by atoms with Gasteiger partial charge in [0.1, 0.15) is 11.5 Å². The summed E-state index contributed by atoms with van der Waals surface area (Å²) in [6.45, 7) is 1.97. The molecule has 13 heavy (non-hydrogen) atoms. The summed E-state index contributed by atoms with van der Waals surface area (Å²) >= 11 is 0. The maximum atomic E-state index is 9.56. The molecule has 0 aliphatic heterocycles. The third-order valence-corrected chi connectivity index (χ3v) is 2.07. The lowest BCUT2D eigenvalue weighted by molar-refractivity contribution is 0.392. The molecule has 3 heteroatoms. The summed E-state index contributed by atoms with van der Waals surface area (Å²) in [4.78, 5) is 0. The first kappa shape index (κ1) is 9.86. The van der Waals surface area contributed by atoms with Crippen molar-refractivity contribution in [1.82, 2.24) is 0 Å². The van der Waals surface area contributed by atoms with Crippen LogP contribution in [0.1, 0.15) is 24.9 Å². The Hall–Kier alpha value is -1.22. The molecule has 0 saturated carbocycles. The van der Waals surface area contributed by atoms with E-state index in [-0.39, 0.29) is 11.8 Å². The van der Waals surface area contributed by atoms with E-state index in [1.807, 2.05) is 6.92 Å². The zero-order valence-electron chi connectivity index (χ0n) is 7.95. The Kier molecular flexibility index (Phi) is 3.14. The largest absolute Gasteiger partial charge is 0.507 e. The van der Waals surface area contributed by atoms with Crippen LogP contribution in [-0.2, 0) is 0 Å². The Morgan fingerprint density at radius 2 is 2.23 bits per heavy atom. The van der Waals surface area contributed by atoms with Crippen LogP contribution < -0.4 is 10.5 Å². The van der Waals surface area contributed by atoms with Crippen molar-refractivity contribution in [2.45, 2.75) is 19.4 Å². The van der Waals surface area contributed by atoms with Crippen LogP contribution in [0.15, 0.2) is 18.2 Å². The molecule has 0 bridgehead atoms. The summed E-state index contributed by atoms with van der Waals surface area (Å²) in [6.07, 6.45) is 0.772. The second-order valence-corrected chi connectivity index (χ2v) is 2.91. The van der Waals surface area contributed by atoms with Crippen LogP contribution in [0.5, 0.6) is 11.5 Å². The maximum Gasteiger partial charge on any atom is 0.127 e. The van der Waals surface area contributed by atoms with Gasteiger partial charge in [0.2, 0.25) is 0 Å². The first-order valence-electron chi connectivity index (χ1n) is 4.32. The van der Waals surface area contributed by atoms with Gasteiger partial charge in [-0.05, 0) is 18.6 Å². The van der Waals surface area contributed by atoms with Crippen molar-refractivity contribution in [1.29, 1.82) is 0 Å². The fourth-order valence-corrected chi connectivity index (χ4v) is 1.29. The Bertz CT molecular complexity index is 286. The summed E-state index contributed by atoms with van der Waals surface area (Å²) in [5.74, 6) is 0.850. The average Bonchev–Trinajstić information content (AvgIpc) is 2.16. The van der Waals surface area contributed by atoms with E-state index < -0.39 is 0 Å². The van der Waals surface area contributed by atoms with Crippen molar-refractivity contribution in [2.75, 3.05) is 7.11 Å². The molecule has 0 saturated heterocycles. The number of phenolic OH excluding ortho intramolecular Hbond substituents is 1. The van der Waals surface area contributed by atoms with Gasteiger partial charge in [-0.3, -0.25) is 0 Å². The highest BCUT2D eigenvalue weighted by atomic mass is 16.5. The molecule has 3 N–H and O–H groups in total. The van der Waals surface area contributed by atoms with Gasteiger partial charge in [-0.2, -0.15) is 0 Å². The maximum absolute atomic E-state index is 9.56. The van der Waals surface area contributed by atoms with Crippen LogP contribution in [0.25, 0.3) is 0 Å². The van der Waals surface area contributed by atoms with E-state index >= 15 is 0 Å². The average molecular weight is 181 g/mol. The Labute approximate surface area is 78.1 Å². The predicted molar refractivity (Wildman–Crippen MR) is 51.9 cm³/mol. The Morgan fingerprint density at radius 3 is 2.77 bits per heavy atom. The molecule has 3 nitrogen and oxygen atoms in total. The number of rotatable bonds is 3. The number of phenols is 1. The van der Waals surface area contributed by atoms with Gasteiger partial charge in [0.15, 0.2) is 0 Å². The molecule has 1 aromatic rings. The van der Waals surface area contributed by atoms with Crippen LogP contribution in [-0.4, -0.2) is 12.2 Å². The van der Waals surface area contributed by atoms with E-state index in [4.69, 9.17) is 10.5 Å². The molecule has 72 valence electrons. The fourth-order valence-electron chi connectivity index (χ4n) is 1.29. The number of nitrogens with two attached hydrogens (primary N) is 1. The fraction of sp³-hybridized carbons (Fsp3) is 0.400. The number of benzene rings is 1. The minimum Gasteiger partial charge on any atom is -0.507 e. The molecule has 0 radical (unpaired) electrons. The van der Waals surface area contributed by atoms with Gasteiger partial charge in [0, 0.05) is 6.04 Å². The van der Waals surface area contributed by atoms with Crippen LogP contribution in [0, 0.1) is 0 Å². The standard InChI is InChI=1S/C10H15NO2/c1-3-7(11)10-8(12)5-4-6-9(10)13-2/h4-7,12H,3,11H2,1-2H3. The Morgan fingerprint density at radius 1 is 1.54 bits per heavy atom. The van der Waals surface area contributed by atoms with Gasteiger partial charge in [0.05, 0.1) is 12.7 Å². The number of aromatic hydroxyl groups is 1. The molecule has 1 unspecified atom stereocenters. The molecule has 0 aliphatic rings. The molecule has 0 fully saturated rings. The quantitative estimate of drug-likeness (QED) is 0.747. The van der Waals surface area contributed by atoms with E-state index in [0.717, 1.165) is 6.42 Å². The van der Waals surface area contributed by atoms with E-state index in [1.165, 1.54) is 0 Å². The molecule has 0 heterocycles. The molecule has 1 rings (SSSR count). The number of ether oxygens (including phenoxy) is 1. The topological polar surface area (TPSA) is 55.5 Å². The van der Waals surface area contributed by atoms with E-state index in [1.54, 1.807) is 25.3 Å². The zero-order chi connectivity index (χ0) is 9.84. The van der Waals surface area contributed by atoms with Crippen LogP contribution in [0.4, 0.5) is 0 Å². The molecule has 0 amide bonds. The summed E-state index contributed by atoms with van der Waals surface area (Å²) in [5.41, 5.74) is 6.52. The number of hydrogen-bond acceptors (Lipinski definition) is 3. The van der Waals surface area contributed by atoms with Gasteiger partial charge < -0.3 is 15.6 Å². The smallest absolute Gasteiger partial charge is 0.127 e. The van der Waals surface area contributed by atoms with Crippen molar-refractivity contribution in [3.8, 4) is 11.5 Å². The minimum absolute atomic E-state index is 0.170. The van der Waals surface area contributed by atoms with Crippen LogP contribution in [0.3, 0.4) is 0 Å². The summed E-state index contributed by atoms with van der Waals surface area (Å²) < 4.78 is 5.11. The first-order valence-corrected chi connectivity index (χ1v) is 4.32. The van der Waals surface area contributed by atoms with Crippen molar-refractivity contribution < 1.29 is 9.84 Å². The summed E-state index contributed by atoms with van der Waals surface area (Å²) in [5, 5.41) is 9.56. The zero-order valence-corrected chi connectivity index (χ0v) is 7.95. The number of hydrogen-bond donors (Lipinski definition) is 2. The van der Waals surface area contributed by atoms with Crippen LogP contribution >= 0.6 is 0 Å². The highest BCUT2D eigenvalue weighted by Crippen LogP contribution is 2.33. The van der Waals surface area contributed by atoms with Crippen molar-refractivity contribution in [2.24, 2.45) is 5.73 Å². The Balaban J connectivity index is 3.14. The third-order valence-electron chi connectivity index (χ3n) is 2.07. The van der Waals surface area contributed by atoms with Crippen molar-refractivity contribution in [3.05, 3.63) is 23.8 Å². The third kappa shape index (κ3) is 1.92. The second kappa shape index (κ2) is 4.14. The normalized spacial score (nSPS) is 12.5. The van der Waals surface area contributed by atoms with Gasteiger partial charge in [-0.15, -0.1) is 0 Å². The molecule has 1 aromatic carbocycles. The molecule has 1 atom stereocenters. The molecular formula is C10H15NO2. The van der Waals surface area contributed by atoms with Gasteiger partial charge in [0.25, 0.3) is 0 Å². The van der Waals surface area contributed by atoms with Gasteiger partial charge in [-0.1, -0.05) is 13.0 Å².